The molecule has 0 saturated carbocycles. The highest BCUT2D eigenvalue weighted by Gasteiger charge is 2.16. The van der Waals surface area contributed by atoms with Crippen LogP contribution in [0.4, 0.5) is 0 Å². The van der Waals surface area contributed by atoms with Crippen LogP contribution in [-0.4, -0.2) is 31.2 Å². The number of halogens is 1. The molecule has 0 aliphatic rings. The molecule has 0 aliphatic heterocycles. The Bertz CT molecular complexity index is 1030. The van der Waals surface area contributed by atoms with Crippen LogP contribution < -0.4 is 0 Å². The highest BCUT2D eigenvalue weighted by Crippen LogP contribution is 2.34. The second-order valence-electron chi connectivity index (χ2n) is 4.88. The number of carboxylic acid groups (broad SMARTS) is 1. The van der Waals surface area contributed by atoms with Crippen molar-refractivity contribution in [2.75, 3.05) is 0 Å². The number of rotatable bonds is 2. The second-order valence-corrected chi connectivity index (χ2v) is 5.80. The monoisotopic (exact) mass is 356 g/mol. The maximum atomic E-state index is 11.3. The van der Waals surface area contributed by atoms with Gasteiger partial charge in [0.2, 0.25) is 0 Å². The molecule has 1 aromatic carbocycles. The molecule has 4 aromatic rings. The molecule has 108 valence electrons. The number of carbonyl (C=O) groups is 1. The molecule has 0 fully saturated rings. The fraction of sp³-hybridized carbons (Fsp3) is 0. The van der Waals surface area contributed by atoms with E-state index in [1.807, 2.05) is 24.4 Å². The third kappa shape index (κ3) is 1.90. The summed E-state index contributed by atoms with van der Waals surface area (Å²) in [6.45, 7) is 0. The zero-order chi connectivity index (χ0) is 15.3. The van der Waals surface area contributed by atoms with Gasteiger partial charge in [-0.25, -0.2) is 9.78 Å². The predicted octanol–water partition coefficient (Wildman–Crippen LogP) is 3.57. The first-order valence-electron chi connectivity index (χ1n) is 6.48. The molecule has 22 heavy (non-hydrogen) atoms. The van der Waals surface area contributed by atoms with Gasteiger partial charge in [0.15, 0.2) is 11.3 Å². The summed E-state index contributed by atoms with van der Waals surface area (Å²) in [5.41, 5.74) is 3.10. The molecule has 4 rings (SSSR count). The van der Waals surface area contributed by atoms with Crippen molar-refractivity contribution >= 4 is 43.8 Å². The van der Waals surface area contributed by atoms with Crippen molar-refractivity contribution in [2.45, 2.75) is 0 Å². The van der Waals surface area contributed by atoms with Gasteiger partial charge in [-0.15, -0.1) is 0 Å². The van der Waals surface area contributed by atoms with Crippen molar-refractivity contribution in [3.05, 3.63) is 46.8 Å². The fourth-order valence-corrected chi connectivity index (χ4v) is 2.94. The van der Waals surface area contributed by atoms with E-state index in [9.17, 15) is 9.90 Å². The summed E-state index contributed by atoms with van der Waals surface area (Å²) >= 11 is 3.46. The van der Waals surface area contributed by atoms with E-state index < -0.39 is 5.97 Å². The zero-order valence-corrected chi connectivity index (χ0v) is 12.7. The molecular formula is C15H9BrN4O2. The standard InChI is InChI=1S/C15H9BrN4O2/c16-7-1-2-12-9(3-7)10(5-17-12)8-4-13(15(21)22)19-14-11(8)6-18-20-14/h1-6,17H,(H,21,22)(H,18,19,20). The number of hydrogen-bond donors (Lipinski definition) is 3. The van der Waals surface area contributed by atoms with Gasteiger partial charge in [0.05, 0.1) is 6.20 Å². The SMILES string of the molecule is O=C(O)c1cc(-c2c[nH]c3ccc(Br)cc23)c2cn[nH]c2n1. The number of hydrogen-bond acceptors (Lipinski definition) is 3. The van der Waals surface area contributed by atoms with E-state index in [0.717, 1.165) is 31.9 Å². The van der Waals surface area contributed by atoms with Crippen LogP contribution in [0.1, 0.15) is 10.5 Å². The second kappa shape index (κ2) is 4.67. The number of aromatic carboxylic acids is 1. The van der Waals surface area contributed by atoms with Crippen LogP contribution in [0.2, 0.25) is 0 Å². The summed E-state index contributed by atoms with van der Waals surface area (Å²) < 4.78 is 0.955. The summed E-state index contributed by atoms with van der Waals surface area (Å²) in [5.74, 6) is -1.07. The smallest absolute Gasteiger partial charge is 0.354 e. The molecule has 0 bridgehead atoms. The summed E-state index contributed by atoms with van der Waals surface area (Å²) in [5, 5.41) is 17.7. The van der Waals surface area contributed by atoms with Gasteiger partial charge >= 0.3 is 5.97 Å². The average Bonchev–Trinajstić information content (AvgIpc) is 3.11. The fourth-order valence-electron chi connectivity index (χ4n) is 2.58. The van der Waals surface area contributed by atoms with E-state index in [-0.39, 0.29) is 5.69 Å². The van der Waals surface area contributed by atoms with Gasteiger partial charge in [0, 0.05) is 32.5 Å². The van der Waals surface area contributed by atoms with Gasteiger partial charge in [-0.3, -0.25) is 5.10 Å². The molecule has 3 heterocycles. The number of nitrogens with zero attached hydrogens (tertiary/aromatic N) is 2. The lowest BCUT2D eigenvalue weighted by Crippen LogP contribution is -2.01. The van der Waals surface area contributed by atoms with Crippen LogP contribution in [0.15, 0.2) is 41.1 Å². The minimum absolute atomic E-state index is 0.0175. The number of H-pyrrole nitrogens is 2. The molecule has 6 nitrogen and oxygen atoms in total. The number of nitrogens with one attached hydrogen (secondary N) is 2. The van der Waals surface area contributed by atoms with Crippen LogP contribution in [0, 0.1) is 0 Å². The van der Waals surface area contributed by atoms with E-state index in [1.165, 1.54) is 0 Å². The number of aromatic nitrogens is 4. The Labute approximate surface area is 132 Å². The van der Waals surface area contributed by atoms with Gasteiger partial charge < -0.3 is 10.1 Å². The molecule has 3 N–H and O–H groups in total. The molecule has 0 amide bonds. The van der Waals surface area contributed by atoms with E-state index in [2.05, 4.69) is 36.1 Å². The number of benzene rings is 1. The molecule has 0 aliphatic carbocycles. The van der Waals surface area contributed by atoms with Crippen molar-refractivity contribution in [1.82, 2.24) is 20.2 Å². The number of carboxylic acids is 1. The molecule has 3 aromatic heterocycles. The third-order valence-corrected chi connectivity index (χ3v) is 4.07. The zero-order valence-electron chi connectivity index (χ0n) is 11.1. The predicted molar refractivity (Wildman–Crippen MR) is 85.8 cm³/mol. The normalized spacial score (nSPS) is 11.3. The summed E-state index contributed by atoms with van der Waals surface area (Å²) in [6.07, 6.45) is 3.52. The lowest BCUT2D eigenvalue weighted by Gasteiger charge is -2.04. The van der Waals surface area contributed by atoms with E-state index in [1.54, 1.807) is 12.3 Å². The molecule has 0 radical (unpaired) electrons. The van der Waals surface area contributed by atoms with Crippen LogP contribution in [0.5, 0.6) is 0 Å². The van der Waals surface area contributed by atoms with Crippen molar-refractivity contribution in [3.63, 3.8) is 0 Å². The minimum Gasteiger partial charge on any atom is -0.477 e. The Morgan fingerprint density at radius 2 is 2.05 bits per heavy atom. The third-order valence-electron chi connectivity index (χ3n) is 3.58. The van der Waals surface area contributed by atoms with Crippen molar-refractivity contribution < 1.29 is 9.90 Å². The Morgan fingerprint density at radius 3 is 2.86 bits per heavy atom. The first kappa shape index (κ1) is 13.0. The van der Waals surface area contributed by atoms with Crippen molar-refractivity contribution in [3.8, 4) is 11.1 Å². The first-order valence-corrected chi connectivity index (χ1v) is 7.27. The molecular weight excluding hydrogens is 348 g/mol. The molecule has 7 heteroatoms. The van der Waals surface area contributed by atoms with Gasteiger partial charge in [-0.1, -0.05) is 15.9 Å². The topological polar surface area (TPSA) is 94.7 Å². The molecule has 0 unspecified atom stereocenters. The molecule has 0 saturated heterocycles. The summed E-state index contributed by atoms with van der Waals surface area (Å²) in [6, 6.07) is 7.48. The first-order chi connectivity index (χ1) is 10.6. The average molecular weight is 357 g/mol. The summed E-state index contributed by atoms with van der Waals surface area (Å²) in [7, 11) is 0. The van der Waals surface area contributed by atoms with Crippen LogP contribution in [0.3, 0.4) is 0 Å². The minimum atomic E-state index is -1.07. The lowest BCUT2D eigenvalue weighted by molar-refractivity contribution is 0.0691. The Balaban J connectivity index is 2.09. The highest BCUT2D eigenvalue weighted by molar-refractivity contribution is 9.10. The number of aromatic amines is 2. The van der Waals surface area contributed by atoms with Crippen LogP contribution in [0.25, 0.3) is 33.1 Å². The van der Waals surface area contributed by atoms with Crippen LogP contribution >= 0.6 is 15.9 Å². The van der Waals surface area contributed by atoms with E-state index in [0.29, 0.717) is 5.65 Å². The van der Waals surface area contributed by atoms with Crippen molar-refractivity contribution in [1.29, 1.82) is 0 Å². The van der Waals surface area contributed by atoms with Gasteiger partial charge in [-0.05, 0) is 29.8 Å². The van der Waals surface area contributed by atoms with Crippen molar-refractivity contribution in [2.24, 2.45) is 0 Å². The lowest BCUT2D eigenvalue weighted by atomic mass is 10.0. The Morgan fingerprint density at radius 1 is 1.18 bits per heavy atom. The van der Waals surface area contributed by atoms with E-state index >= 15 is 0 Å². The molecule has 0 spiro atoms. The van der Waals surface area contributed by atoms with Gasteiger partial charge in [0.25, 0.3) is 0 Å². The number of pyridine rings is 1. The maximum Gasteiger partial charge on any atom is 0.354 e. The van der Waals surface area contributed by atoms with Crippen LogP contribution in [-0.2, 0) is 0 Å². The maximum absolute atomic E-state index is 11.3. The summed E-state index contributed by atoms with van der Waals surface area (Å²) in [4.78, 5) is 18.6. The molecule has 0 atom stereocenters. The highest BCUT2D eigenvalue weighted by atomic mass is 79.9. The Kier molecular flexibility index (Phi) is 2.77. The Hall–Kier alpha value is -2.67. The van der Waals surface area contributed by atoms with Gasteiger partial charge in [0.1, 0.15) is 0 Å². The van der Waals surface area contributed by atoms with E-state index in [4.69, 9.17) is 0 Å². The quantitative estimate of drug-likeness (QED) is 0.511. The number of fused-ring (bicyclic) bond motifs is 2. The largest absolute Gasteiger partial charge is 0.477 e. The van der Waals surface area contributed by atoms with Gasteiger partial charge in [-0.2, -0.15) is 5.10 Å².